The van der Waals surface area contributed by atoms with E-state index in [1.165, 1.54) is 0 Å². The molecule has 4 fully saturated rings. The molecular formula is C38H38O8. The second kappa shape index (κ2) is 11.3. The van der Waals surface area contributed by atoms with Gasteiger partial charge in [-0.25, -0.2) is 0 Å². The molecule has 4 aromatic carbocycles. The van der Waals surface area contributed by atoms with Crippen LogP contribution in [0, 0.1) is 0 Å². The third-order valence-corrected chi connectivity index (χ3v) is 10.2. The van der Waals surface area contributed by atoms with Crippen molar-refractivity contribution >= 4 is 0 Å². The molecular weight excluding hydrogens is 584 g/mol. The Morgan fingerprint density at radius 1 is 0.478 bits per heavy atom. The van der Waals surface area contributed by atoms with E-state index < -0.39 is 10.8 Å². The highest BCUT2D eigenvalue weighted by Gasteiger charge is 2.60. The van der Waals surface area contributed by atoms with E-state index in [2.05, 4.69) is 0 Å². The molecule has 0 amide bonds. The lowest BCUT2D eigenvalue weighted by Crippen LogP contribution is -2.53. The fraction of sp³-hybridized carbons (Fsp3) is 0.368. The van der Waals surface area contributed by atoms with Gasteiger partial charge in [-0.3, -0.25) is 0 Å². The molecule has 8 nitrogen and oxygen atoms in total. The average molecular weight is 623 g/mol. The topological polar surface area (TPSA) is 131 Å². The minimum atomic E-state index is -0.958. The van der Waals surface area contributed by atoms with E-state index >= 15 is 0 Å². The molecule has 8 rings (SSSR count). The Hall–Kier alpha value is -4.08. The van der Waals surface area contributed by atoms with Crippen molar-refractivity contribution in [3.63, 3.8) is 0 Å². The fourth-order valence-corrected chi connectivity index (χ4v) is 7.80. The Bertz CT molecular complexity index is 1640. The van der Waals surface area contributed by atoms with Gasteiger partial charge in [0.25, 0.3) is 0 Å². The highest BCUT2D eigenvalue weighted by molar-refractivity contribution is 5.64. The van der Waals surface area contributed by atoms with Crippen molar-refractivity contribution in [1.29, 1.82) is 0 Å². The molecule has 4 unspecified atom stereocenters. The van der Waals surface area contributed by atoms with Crippen LogP contribution in [0.5, 0.6) is 23.0 Å². The monoisotopic (exact) mass is 622 g/mol. The predicted molar refractivity (Wildman–Crippen MR) is 170 cm³/mol. The molecule has 0 bridgehead atoms. The zero-order chi connectivity index (χ0) is 31.5. The standard InChI is InChI=1S/C38H38O8/c39-26-7-1-23(2-8-26)37(17-31-21-45-31,18-32-22-46-32)38(24-3-9-27(40)10-4-24,25-5-11-28(41)12-6-25)35-13-14-36(42)34(16-30-20-44-30)33(35)15-29-19-43-29/h1-14,29-32,39-42H,15-22H2. The van der Waals surface area contributed by atoms with Gasteiger partial charge in [-0.1, -0.05) is 42.5 Å². The summed E-state index contributed by atoms with van der Waals surface area (Å²) in [4.78, 5) is 0. The molecule has 4 aliphatic heterocycles. The van der Waals surface area contributed by atoms with Crippen molar-refractivity contribution in [1.82, 2.24) is 0 Å². The van der Waals surface area contributed by atoms with Crippen LogP contribution in [0.15, 0.2) is 84.9 Å². The molecule has 4 aliphatic rings. The fourth-order valence-electron chi connectivity index (χ4n) is 7.80. The van der Waals surface area contributed by atoms with E-state index in [1.807, 2.05) is 42.5 Å². The summed E-state index contributed by atoms with van der Waals surface area (Å²) in [6, 6.07) is 26.1. The second-order valence-corrected chi connectivity index (χ2v) is 13.2. The number of epoxide rings is 4. The molecule has 0 aliphatic carbocycles. The SMILES string of the molecule is Oc1ccc(C(CC2CO2)(CC2CO2)C(c2ccc(O)cc2)(c2ccc(O)cc2)c2ccc(O)c(CC3CO3)c2CC2CO2)cc1. The van der Waals surface area contributed by atoms with Crippen LogP contribution in [-0.4, -0.2) is 71.3 Å². The molecule has 0 radical (unpaired) electrons. The second-order valence-electron chi connectivity index (χ2n) is 13.2. The van der Waals surface area contributed by atoms with E-state index in [9.17, 15) is 20.4 Å². The van der Waals surface area contributed by atoms with Gasteiger partial charge < -0.3 is 39.4 Å². The van der Waals surface area contributed by atoms with Gasteiger partial charge in [-0.05, 0) is 83.1 Å². The lowest BCUT2D eigenvalue weighted by atomic mass is 9.47. The van der Waals surface area contributed by atoms with Crippen LogP contribution < -0.4 is 0 Å². The maximum atomic E-state index is 11.4. The molecule has 8 heteroatoms. The molecule has 46 heavy (non-hydrogen) atoms. The summed E-state index contributed by atoms with van der Waals surface area (Å²) in [7, 11) is 0. The number of rotatable bonds is 13. The molecule has 4 heterocycles. The first-order valence-electron chi connectivity index (χ1n) is 16.0. The van der Waals surface area contributed by atoms with E-state index in [-0.39, 0.29) is 47.4 Å². The number of ether oxygens (including phenoxy) is 4. The molecule has 0 spiro atoms. The van der Waals surface area contributed by atoms with E-state index in [1.54, 1.807) is 42.5 Å². The molecule has 0 aromatic heterocycles. The van der Waals surface area contributed by atoms with Gasteiger partial charge in [0.2, 0.25) is 0 Å². The minimum Gasteiger partial charge on any atom is -0.508 e. The van der Waals surface area contributed by atoms with Crippen molar-refractivity contribution in [3.8, 4) is 23.0 Å². The molecule has 4 N–H and O–H groups in total. The zero-order valence-electron chi connectivity index (χ0n) is 25.5. The summed E-state index contributed by atoms with van der Waals surface area (Å²) in [6.07, 6.45) is 2.51. The first-order chi connectivity index (χ1) is 22.4. The van der Waals surface area contributed by atoms with Crippen LogP contribution in [0.25, 0.3) is 0 Å². The Labute approximate surface area is 267 Å². The first-order valence-corrected chi connectivity index (χ1v) is 16.0. The predicted octanol–water partition coefficient (Wildman–Crippen LogP) is 5.24. The van der Waals surface area contributed by atoms with Crippen molar-refractivity contribution in [2.24, 2.45) is 0 Å². The Morgan fingerprint density at radius 3 is 1.28 bits per heavy atom. The third kappa shape index (κ3) is 5.39. The van der Waals surface area contributed by atoms with Crippen LogP contribution in [0.4, 0.5) is 0 Å². The molecule has 4 saturated heterocycles. The molecule has 4 atom stereocenters. The van der Waals surface area contributed by atoms with Gasteiger partial charge in [0.1, 0.15) is 23.0 Å². The van der Waals surface area contributed by atoms with Gasteiger partial charge in [0, 0.05) is 23.8 Å². The Balaban J connectivity index is 1.52. The van der Waals surface area contributed by atoms with Crippen LogP contribution in [0.3, 0.4) is 0 Å². The van der Waals surface area contributed by atoms with Crippen molar-refractivity contribution in [2.45, 2.75) is 60.9 Å². The summed E-state index contributed by atoms with van der Waals surface area (Å²) in [6.45, 7) is 2.57. The van der Waals surface area contributed by atoms with Crippen LogP contribution in [-0.2, 0) is 42.6 Å². The van der Waals surface area contributed by atoms with Crippen LogP contribution in [0.2, 0.25) is 0 Å². The van der Waals surface area contributed by atoms with Gasteiger partial charge in [-0.15, -0.1) is 0 Å². The number of benzene rings is 4. The zero-order valence-corrected chi connectivity index (χ0v) is 25.5. The van der Waals surface area contributed by atoms with Crippen molar-refractivity contribution in [3.05, 3.63) is 118 Å². The summed E-state index contributed by atoms with van der Waals surface area (Å²) < 4.78 is 23.5. The number of hydrogen-bond acceptors (Lipinski definition) is 8. The Morgan fingerprint density at radius 2 is 0.870 bits per heavy atom. The summed E-state index contributed by atoms with van der Waals surface area (Å²) >= 11 is 0. The van der Waals surface area contributed by atoms with E-state index in [0.717, 1.165) is 33.4 Å². The van der Waals surface area contributed by atoms with E-state index in [0.29, 0.717) is 52.1 Å². The Kier molecular flexibility index (Phi) is 7.21. The quantitative estimate of drug-likeness (QED) is 0.118. The molecule has 238 valence electrons. The lowest BCUT2D eigenvalue weighted by molar-refractivity contribution is 0.202. The van der Waals surface area contributed by atoms with Crippen molar-refractivity contribution in [2.75, 3.05) is 26.4 Å². The maximum absolute atomic E-state index is 11.4. The van der Waals surface area contributed by atoms with Crippen molar-refractivity contribution < 1.29 is 39.4 Å². The lowest BCUT2D eigenvalue weighted by Gasteiger charge is -2.54. The number of aromatic hydroxyl groups is 4. The minimum absolute atomic E-state index is 0.00665. The average Bonchev–Trinajstić information content (AvgIpc) is 3.84. The summed E-state index contributed by atoms with van der Waals surface area (Å²) in [5.74, 6) is 0.703. The highest BCUT2D eigenvalue weighted by Crippen LogP contribution is 2.61. The summed E-state index contributed by atoms with van der Waals surface area (Å²) in [5.41, 5.74) is 4.05. The normalized spacial score (nSPS) is 24.3. The van der Waals surface area contributed by atoms with Gasteiger partial charge >= 0.3 is 0 Å². The van der Waals surface area contributed by atoms with Gasteiger partial charge in [-0.2, -0.15) is 0 Å². The highest BCUT2D eigenvalue weighted by atomic mass is 16.6. The van der Waals surface area contributed by atoms with E-state index in [4.69, 9.17) is 18.9 Å². The molecule has 0 saturated carbocycles. The smallest absolute Gasteiger partial charge is 0.119 e. The van der Waals surface area contributed by atoms with Crippen LogP contribution in [0.1, 0.15) is 46.2 Å². The van der Waals surface area contributed by atoms with Gasteiger partial charge in [0.15, 0.2) is 0 Å². The third-order valence-electron chi connectivity index (χ3n) is 10.2. The molecule has 4 aromatic rings. The maximum Gasteiger partial charge on any atom is 0.119 e. The largest absolute Gasteiger partial charge is 0.508 e. The number of phenolic OH excluding ortho intramolecular Hbond substituents is 4. The van der Waals surface area contributed by atoms with Crippen LogP contribution >= 0.6 is 0 Å². The number of hydrogen-bond donors (Lipinski definition) is 4. The summed E-state index contributed by atoms with van der Waals surface area (Å²) in [5, 5.41) is 43.0. The number of phenols is 4. The first kappa shape index (κ1) is 29.3. The van der Waals surface area contributed by atoms with Gasteiger partial charge in [0.05, 0.1) is 56.3 Å².